The van der Waals surface area contributed by atoms with E-state index in [-0.39, 0.29) is 11.0 Å². The molecule has 2 N–H and O–H groups in total. The summed E-state index contributed by atoms with van der Waals surface area (Å²) < 4.78 is 24.9. The zero-order valence-electron chi connectivity index (χ0n) is 10.6. The monoisotopic (exact) mass is 296 g/mol. The van der Waals surface area contributed by atoms with Crippen LogP contribution < -0.4 is 10.6 Å². The first kappa shape index (κ1) is 13.4. The summed E-state index contributed by atoms with van der Waals surface area (Å²) in [5.41, 5.74) is 2.59. The number of aromatic nitrogens is 2. The van der Waals surface area contributed by atoms with Crippen molar-refractivity contribution in [2.24, 2.45) is 0 Å². The van der Waals surface area contributed by atoms with Crippen LogP contribution in [0.3, 0.4) is 0 Å². The van der Waals surface area contributed by atoms with Gasteiger partial charge in [-0.1, -0.05) is 35.6 Å². The summed E-state index contributed by atoms with van der Waals surface area (Å²) >= 11 is 0.900. The first-order valence-electron chi connectivity index (χ1n) is 6.40. The highest BCUT2D eigenvalue weighted by Gasteiger charge is 2.20. The van der Waals surface area contributed by atoms with Crippen molar-refractivity contribution in [3.05, 3.63) is 40.4 Å². The third-order valence-electron chi connectivity index (χ3n) is 3.30. The van der Waals surface area contributed by atoms with Gasteiger partial charge in [-0.2, -0.15) is 0 Å². The summed E-state index contributed by atoms with van der Waals surface area (Å²) in [6, 6.07) is 8.44. The van der Waals surface area contributed by atoms with Gasteiger partial charge in [0.1, 0.15) is 0 Å². The number of hydrogen-bond donors (Lipinski definition) is 2. The highest BCUT2D eigenvalue weighted by atomic mass is 32.1. The van der Waals surface area contributed by atoms with E-state index in [0.29, 0.717) is 11.7 Å². The van der Waals surface area contributed by atoms with E-state index < -0.39 is 6.43 Å². The van der Waals surface area contributed by atoms with Gasteiger partial charge in [0.25, 0.3) is 6.43 Å². The molecule has 7 heteroatoms. The zero-order chi connectivity index (χ0) is 13.9. The number of nitrogens with one attached hydrogen (secondary N) is 2. The maximum atomic E-state index is 12.4. The van der Waals surface area contributed by atoms with E-state index in [4.69, 9.17) is 0 Å². The highest BCUT2D eigenvalue weighted by molar-refractivity contribution is 7.15. The average molecular weight is 296 g/mol. The minimum atomic E-state index is -2.56. The molecule has 1 unspecified atom stereocenters. The summed E-state index contributed by atoms with van der Waals surface area (Å²) in [4.78, 5) is 0. The molecule has 106 valence electrons. The lowest BCUT2D eigenvalue weighted by Gasteiger charge is -2.26. The van der Waals surface area contributed by atoms with Crippen molar-refractivity contribution in [2.75, 3.05) is 18.4 Å². The second kappa shape index (κ2) is 5.80. The smallest absolute Gasteiger partial charge is 0.291 e. The zero-order valence-corrected chi connectivity index (χ0v) is 11.5. The molecule has 1 aromatic heterocycles. The van der Waals surface area contributed by atoms with E-state index in [9.17, 15) is 8.78 Å². The van der Waals surface area contributed by atoms with Crippen LogP contribution in [-0.2, 0) is 6.42 Å². The Bertz CT molecular complexity index is 587. The number of benzene rings is 1. The van der Waals surface area contributed by atoms with Gasteiger partial charge in [-0.15, -0.1) is 10.2 Å². The first-order valence-corrected chi connectivity index (χ1v) is 7.22. The van der Waals surface area contributed by atoms with Crippen molar-refractivity contribution in [1.82, 2.24) is 15.5 Å². The number of nitrogens with zero attached hydrogens (tertiary/aromatic N) is 2. The van der Waals surface area contributed by atoms with Crippen LogP contribution >= 0.6 is 11.3 Å². The van der Waals surface area contributed by atoms with Crippen LogP contribution in [0.15, 0.2) is 24.3 Å². The molecule has 0 fully saturated rings. The van der Waals surface area contributed by atoms with Gasteiger partial charge in [0.15, 0.2) is 5.01 Å². The number of anilines is 1. The molecule has 0 saturated carbocycles. The fraction of sp³-hybridized carbons (Fsp3) is 0.385. The maximum absolute atomic E-state index is 12.4. The SMILES string of the molecule is FC(F)c1nnc(NCC2NCCc3ccccc32)s1. The van der Waals surface area contributed by atoms with E-state index in [0.717, 1.165) is 24.3 Å². The number of fused-ring (bicyclic) bond motifs is 1. The third-order valence-corrected chi connectivity index (χ3v) is 4.19. The van der Waals surface area contributed by atoms with E-state index >= 15 is 0 Å². The largest absolute Gasteiger partial charge is 0.358 e. The Morgan fingerprint density at radius 2 is 2.20 bits per heavy atom. The Balaban J connectivity index is 1.67. The van der Waals surface area contributed by atoms with E-state index in [1.54, 1.807) is 0 Å². The van der Waals surface area contributed by atoms with E-state index in [2.05, 4.69) is 33.0 Å². The topological polar surface area (TPSA) is 49.8 Å². The lowest BCUT2D eigenvalue weighted by Crippen LogP contribution is -2.34. The quantitative estimate of drug-likeness (QED) is 0.911. The van der Waals surface area contributed by atoms with Gasteiger partial charge < -0.3 is 10.6 Å². The summed E-state index contributed by atoms with van der Waals surface area (Å²) in [6.45, 7) is 1.52. The minimum absolute atomic E-state index is 0.166. The van der Waals surface area contributed by atoms with Crippen LogP contribution in [0, 0.1) is 0 Å². The second-order valence-electron chi connectivity index (χ2n) is 4.58. The molecule has 0 radical (unpaired) electrons. The summed E-state index contributed by atoms with van der Waals surface area (Å²) in [6.07, 6.45) is -1.54. The Morgan fingerprint density at radius 3 is 3.00 bits per heavy atom. The van der Waals surface area contributed by atoms with Crippen molar-refractivity contribution >= 4 is 16.5 Å². The number of alkyl halides is 2. The molecule has 2 heterocycles. The van der Waals surface area contributed by atoms with Crippen LogP contribution in [0.25, 0.3) is 0 Å². The van der Waals surface area contributed by atoms with Gasteiger partial charge in [0.2, 0.25) is 5.13 Å². The molecule has 0 saturated heterocycles. The van der Waals surface area contributed by atoms with Crippen LogP contribution in [0.4, 0.5) is 13.9 Å². The van der Waals surface area contributed by atoms with Gasteiger partial charge in [0.05, 0.1) is 0 Å². The fourth-order valence-corrected chi connectivity index (χ4v) is 2.96. The molecular weight excluding hydrogens is 282 g/mol. The molecule has 0 spiro atoms. The van der Waals surface area contributed by atoms with Crippen LogP contribution in [-0.4, -0.2) is 23.3 Å². The molecule has 2 aromatic rings. The Morgan fingerprint density at radius 1 is 1.35 bits per heavy atom. The molecule has 3 rings (SSSR count). The standard InChI is InChI=1S/C13H14F2N4S/c14-11(15)12-18-19-13(20-12)17-7-10-9-4-2-1-3-8(9)5-6-16-10/h1-4,10-11,16H,5-7H2,(H,17,19). The van der Waals surface area contributed by atoms with Crippen molar-refractivity contribution in [3.63, 3.8) is 0 Å². The molecule has 4 nitrogen and oxygen atoms in total. The second-order valence-corrected chi connectivity index (χ2v) is 5.59. The van der Waals surface area contributed by atoms with Crippen molar-refractivity contribution < 1.29 is 8.78 Å². The van der Waals surface area contributed by atoms with Crippen molar-refractivity contribution in [3.8, 4) is 0 Å². The summed E-state index contributed by atoms with van der Waals surface area (Å²) in [5.74, 6) is 0. The van der Waals surface area contributed by atoms with Crippen molar-refractivity contribution in [1.29, 1.82) is 0 Å². The van der Waals surface area contributed by atoms with Gasteiger partial charge in [0, 0.05) is 12.6 Å². The normalized spacial score (nSPS) is 18.1. The fourth-order valence-electron chi connectivity index (χ4n) is 2.36. The van der Waals surface area contributed by atoms with Gasteiger partial charge in [-0.25, -0.2) is 8.78 Å². The molecule has 1 aliphatic rings. The molecule has 20 heavy (non-hydrogen) atoms. The molecular formula is C13H14F2N4S. The average Bonchev–Trinajstić information content (AvgIpc) is 2.94. The maximum Gasteiger partial charge on any atom is 0.291 e. The van der Waals surface area contributed by atoms with E-state index in [1.165, 1.54) is 11.1 Å². The Kier molecular flexibility index (Phi) is 3.88. The lowest BCUT2D eigenvalue weighted by molar-refractivity contribution is 0.150. The van der Waals surface area contributed by atoms with Gasteiger partial charge in [-0.3, -0.25) is 0 Å². The number of hydrogen-bond acceptors (Lipinski definition) is 5. The Labute approximate surface area is 119 Å². The molecule has 0 amide bonds. The Hall–Kier alpha value is -1.60. The number of rotatable bonds is 4. The first-order chi connectivity index (χ1) is 9.74. The lowest BCUT2D eigenvalue weighted by atomic mass is 9.94. The van der Waals surface area contributed by atoms with Crippen LogP contribution in [0.1, 0.15) is 28.6 Å². The molecule has 1 aromatic carbocycles. The molecule has 1 atom stereocenters. The number of halogens is 2. The molecule has 0 bridgehead atoms. The van der Waals surface area contributed by atoms with Gasteiger partial charge in [-0.05, 0) is 24.1 Å². The molecule has 0 aliphatic carbocycles. The summed E-state index contributed by atoms with van der Waals surface area (Å²) in [5, 5.41) is 13.9. The van der Waals surface area contributed by atoms with Crippen LogP contribution in [0.5, 0.6) is 0 Å². The predicted octanol–water partition coefficient (Wildman–Crippen LogP) is 2.77. The molecule has 1 aliphatic heterocycles. The van der Waals surface area contributed by atoms with Crippen LogP contribution in [0.2, 0.25) is 0 Å². The van der Waals surface area contributed by atoms with E-state index in [1.807, 2.05) is 12.1 Å². The summed E-state index contributed by atoms with van der Waals surface area (Å²) in [7, 11) is 0. The highest BCUT2D eigenvalue weighted by Crippen LogP contribution is 2.27. The van der Waals surface area contributed by atoms with Crippen molar-refractivity contribution in [2.45, 2.75) is 18.9 Å². The van der Waals surface area contributed by atoms with Gasteiger partial charge >= 0.3 is 0 Å². The third kappa shape index (κ3) is 2.78. The predicted molar refractivity (Wildman–Crippen MR) is 74.2 cm³/mol. The minimum Gasteiger partial charge on any atom is -0.358 e.